The summed E-state index contributed by atoms with van der Waals surface area (Å²) in [7, 11) is 0. The predicted octanol–water partition coefficient (Wildman–Crippen LogP) is 2.88. The summed E-state index contributed by atoms with van der Waals surface area (Å²) in [6, 6.07) is 12.5. The van der Waals surface area contributed by atoms with Crippen LogP contribution in [0.1, 0.15) is 15.9 Å². The zero-order valence-corrected chi connectivity index (χ0v) is 10.7. The molecule has 98 valence electrons. The number of benzene rings is 1. The maximum atomic E-state index is 11.8. The minimum Gasteiger partial charge on any atom is -0.479 e. The highest BCUT2D eigenvalue weighted by atomic mass is 16.5. The Hall–Kier alpha value is -2.93. The topological polar surface area (TPSA) is 63.0 Å². The third-order valence-electron chi connectivity index (χ3n) is 2.56. The smallest absolute Gasteiger partial charge is 0.187 e. The van der Waals surface area contributed by atoms with Crippen LogP contribution in [0.4, 0.5) is 0 Å². The van der Waals surface area contributed by atoms with Crippen molar-refractivity contribution in [3.63, 3.8) is 0 Å². The molecule has 0 saturated heterocycles. The lowest BCUT2D eigenvalue weighted by Crippen LogP contribution is -1.94. The number of hydrogen-bond acceptors (Lipinski definition) is 4. The number of pyridine rings is 1. The van der Waals surface area contributed by atoms with Gasteiger partial charge in [0.15, 0.2) is 12.4 Å². The Kier molecular flexibility index (Phi) is 4.63. The Morgan fingerprint density at radius 3 is 2.75 bits per heavy atom. The highest BCUT2D eigenvalue weighted by Gasteiger charge is 2.00. The standard InChI is InChI=1S/C16H12N2O2/c17-9-11-20-15-6-3-13(4-7-15)5-8-16(19)14-2-1-10-18-12-14/h1-8,10,12H,11H2/b8-5+. The lowest BCUT2D eigenvalue weighted by atomic mass is 10.1. The summed E-state index contributed by atoms with van der Waals surface area (Å²) in [5, 5.41) is 8.41. The zero-order valence-electron chi connectivity index (χ0n) is 10.7. The van der Waals surface area contributed by atoms with E-state index in [-0.39, 0.29) is 12.4 Å². The molecule has 2 aromatic rings. The van der Waals surface area contributed by atoms with Crippen LogP contribution in [-0.4, -0.2) is 17.4 Å². The molecule has 0 amide bonds. The van der Waals surface area contributed by atoms with E-state index in [9.17, 15) is 4.79 Å². The van der Waals surface area contributed by atoms with Crippen molar-refractivity contribution in [1.82, 2.24) is 4.98 Å². The Balaban J connectivity index is 2.01. The van der Waals surface area contributed by atoms with Crippen molar-refractivity contribution in [3.8, 4) is 11.8 Å². The summed E-state index contributed by atoms with van der Waals surface area (Å²) >= 11 is 0. The molecule has 0 aliphatic heterocycles. The molecule has 0 atom stereocenters. The fourth-order valence-electron chi connectivity index (χ4n) is 1.57. The van der Waals surface area contributed by atoms with Crippen LogP contribution in [0.15, 0.2) is 54.9 Å². The van der Waals surface area contributed by atoms with Gasteiger partial charge in [-0.05, 0) is 35.9 Å². The minimum absolute atomic E-state index is 0.0225. The molecule has 0 unspecified atom stereocenters. The monoisotopic (exact) mass is 264 g/mol. The average Bonchev–Trinajstić information content (AvgIpc) is 2.52. The molecule has 0 radical (unpaired) electrons. The quantitative estimate of drug-likeness (QED) is 0.615. The van der Waals surface area contributed by atoms with Crippen molar-refractivity contribution >= 4 is 11.9 Å². The van der Waals surface area contributed by atoms with Gasteiger partial charge in [0.05, 0.1) is 0 Å². The molecule has 0 N–H and O–H groups in total. The number of aromatic nitrogens is 1. The first-order valence-corrected chi connectivity index (χ1v) is 6.02. The fraction of sp³-hybridized carbons (Fsp3) is 0.0625. The van der Waals surface area contributed by atoms with Gasteiger partial charge in [-0.3, -0.25) is 9.78 Å². The Morgan fingerprint density at radius 1 is 1.30 bits per heavy atom. The van der Waals surface area contributed by atoms with Gasteiger partial charge in [-0.1, -0.05) is 18.2 Å². The number of carbonyl (C=O) groups is 1. The van der Waals surface area contributed by atoms with Crippen molar-refractivity contribution in [2.75, 3.05) is 6.61 Å². The van der Waals surface area contributed by atoms with E-state index >= 15 is 0 Å². The number of hydrogen-bond donors (Lipinski definition) is 0. The molecule has 1 aromatic carbocycles. The second-order valence-electron chi connectivity index (χ2n) is 3.96. The van der Waals surface area contributed by atoms with Crippen LogP contribution in [0.5, 0.6) is 5.75 Å². The van der Waals surface area contributed by atoms with E-state index in [2.05, 4.69) is 4.98 Å². The highest BCUT2D eigenvalue weighted by molar-refractivity contribution is 6.06. The molecule has 4 heteroatoms. The molecule has 0 saturated carbocycles. The first kappa shape index (κ1) is 13.5. The van der Waals surface area contributed by atoms with Gasteiger partial charge in [0.1, 0.15) is 11.8 Å². The molecule has 0 fully saturated rings. The minimum atomic E-state index is -0.0945. The van der Waals surface area contributed by atoms with Gasteiger partial charge in [-0.2, -0.15) is 5.26 Å². The largest absolute Gasteiger partial charge is 0.479 e. The number of nitrogens with zero attached hydrogens (tertiary/aromatic N) is 2. The van der Waals surface area contributed by atoms with E-state index in [4.69, 9.17) is 10.00 Å². The summed E-state index contributed by atoms with van der Waals surface area (Å²) in [6.45, 7) is 0.0225. The molecule has 0 spiro atoms. The van der Waals surface area contributed by atoms with Gasteiger partial charge in [0, 0.05) is 18.0 Å². The van der Waals surface area contributed by atoms with E-state index in [1.165, 1.54) is 12.3 Å². The Bertz CT molecular complexity index is 640. The second-order valence-corrected chi connectivity index (χ2v) is 3.96. The molecule has 1 aromatic heterocycles. The molecular weight excluding hydrogens is 252 g/mol. The molecule has 0 aliphatic carbocycles. The Morgan fingerprint density at radius 2 is 2.10 bits per heavy atom. The van der Waals surface area contributed by atoms with Crippen LogP contribution in [0.3, 0.4) is 0 Å². The maximum absolute atomic E-state index is 11.8. The third-order valence-corrected chi connectivity index (χ3v) is 2.56. The molecule has 20 heavy (non-hydrogen) atoms. The number of rotatable bonds is 5. The molecule has 1 heterocycles. The van der Waals surface area contributed by atoms with Gasteiger partial charge in [0.2, 0.25) is 0 Å². The summed E-state index contributed by atoms with van der Waals surface area (Å²) in [4.78, 5) is 15.7. The van der Waals surface area contributed by atoms with Crippen LogP contribution >= 0.6 is 0 Å². The normalized spacial score (nSPS) is 10.2. The number of carbonyl (C=O) groups excluding carboxylic acids is 1. The van der Waals surface area contributed by atoms with E-state index in [1.54, 1.807) is 36.5 Å². The van der Waals surface area contributed by atoms with Gasteiger partial charge in [0.25, 0.3) is 0 Å². The molecule has 2 rings (SSSR count). The van der Waals surface area contributed by atoms with Gasteiger partial charge >= 0.3 is 0 Å². The van der Waals surface area contributed by atoms with Crippen molar-refractivity contribution in [2.24, 2.45) is 0 Å². The SMILES string of the molecule is N#CCOc1ccc(/C=C/C(=O)c2cccnc2)cc1. The van der Waals surface area contributed by atoms with Crippen LogP contribution in [0, 0.1) is 11.3 Å². The zero-order chi connectivity index (χ0) is 14.2. The van der Waals surface area contributed by atoms with Crippen LogP contribution < -0.4 is 4.74 Å². The van der Waals surface area contributed by atoms with E-state index in [0.717, 1.165) is 5.56 Å². The van der Waals surface area contributed by atoms with Crippen LogP contribution in [0.25, 0.3) is 6.08 Å². The third kappa shape index (κ3) is 3.79. The van der Waals surface area contributed by atoms with E-state index in [1.807, 2.05) is 18.2 Å². The molecular formula is C16H12N2O2. The molecule has 0 aliphatic rings. The van der Waals surface area contributed by atoms with E-state index < -0.39 is 0 Å². The van der Waals surface area contributed by atoms with Crippen molar-refractivity contribution in [3.05, 3.63) is 66.0 Å². The summed E-state index contributed by atoms with van der Waals surface area (Å²) in [5.41, 5.74) is 1.43. The molecule has 4 nitrogen and oxygen atoms in total. The van der Waals surface area contributed by atoms with Crippen molar-refractivity contribution in [2.45, 2.75) is 0 Å². The summed E-state index contributed by atoms with van der Waals surface area (Å²) in [5.74, 6) is 0.533. The highest BCUT2D eigenvalue weighted by Crippen LogP contribution is 2.13. The molecule has 0 bridgehead atoms. The number of ether oxygens (including phenoxy) is 1. The average molecular weight is 264 g/mol. The summed E-state index contributed by atoms with van der Waals surface area (Å²) < 4.78 is 5.14. The van der Waals surface area contributed by atoms with Crippen LogP contribution in [-0.2, 0) is 0 Å². The predicted molar refractivity (Wildman–Crippen MR) is 75.2 cm³/mol. The van der Waals surface area contributed by atoms with Crippen molar-refractivity contribution in [1.29, 1.82) is 5.26 Å². The van der Waals surface area contributed by atoms with Gasteiger partial charge in [-0.25, -0.2) is 0 Å². The van der Waals surface area contributed by atoms with Crippen LogP contribution in [0.2, 0.25) is 0 Å². The number of allylic oxidation sites excluding steroid dienone is 1. The maximum Gasteiger partial charge on any atom is 0.187 e. The van der Waals surface area contributed by atoms with E-state index in [0.29, 0.717) is 11.3 Å². The lowest BCUT2D eigenvalue weighted by Gasteiger charge is -2.01. The lowest BCUT2D eigenvalue weighted by molar-refractivity contribution is 0.104. The first-order valence-electron chi connectivity index (χ1n) is 6.02. The summed E-state index contributed by atoms with van der Waals surface area (Å²) in [6.07, 6.45) is 6.39. The second kappa shape index (κ2) is 6.86. The first-order chi connectivity index (χ1) is 9.79. The fourth-order valence-corrected chi connectivity index (χ4v) is 1.57. The van der Waals surface area contributed by atoms with Crippen molar-refractivity contribution < 1.29 is 9.53 Å². The van der Waals surface area contributed by atoms with Gasteiger partial charge < -0.3 is 4.74 Å². The van der Waals surface area contributed by atoms with Gasteiger partial charge in [-0.15, -0.1) is 0 Å². The number of nitriles is 1. The number of ketones is 1. The Labute approximate surface area is 117 Å².